The van der Waals surface area contributed by atoms with Crippen molar-refractivity contribution in [3.63, 3.8) is 0 Å². The van der Waals surface area contributed by atoms with Crippen molar-refractivity contribution in [2.45, 2.75) is 25.8 Å². The number of amides is 1. The summed E-state index contributed by atoms with van der Waals surface area (Å²) in [7, 11) is 0. The number of rotatable bonds is 4. The third kappa shape index (κ3) is 3.23. The zero-order valence-corrected chi connectivity index (χ0v) is 12.7. The molecule has 1 aliphatic rings. The van der Waals surface area contributed by atoms with E-state index in [1.807, 2.05) is 6.92 Å². The maximum Gasteiger partial charge on any atom is 0.252 e. The summed E-state index contributed by atoms with van der Waals surface area (Å²) in [5.74, 6) is 0.862. The number of carbonyl (C=O) groups excluding carboxylic acids is 1. The SMILES string of the molecule is CCC[C@@H](C#N)NC(=O)c1cc(Br)c2c(c1)OCCO2. The highest BCUT2D eigenvalue weighted by atomic mass is 79.9. The Hall–Kier alpha value is -1.74. The van der Waals surface area contributed by atoms with Crippen LogP contribution in [0.3, 0.4) is 0 Å². The maximum absolute atomic E-state index is 12.1. The van der Waals surface area contributed by atoms with Gasteiger partial charge in [-0.05, 0) is 34.5 Å². The summed E-state index contributed by atoms with van der Waals surface area (Å²) in [5, 5.41) is 11.7. The topological polar surface area (TPSA) is 71.4 Å². The quantitative estimate of drug-likeness (QED) is 0.915. The van der Waals surface area contributed by atoms with Crippen molar-refractivity contribution in [2.24, 2.45) is 0 Å². The van der Waals surface area contributed by atoms with E-state index >= 15 is 0 Å². The number of carbonyl (C=O) groups is 1. The standard InChI is InChI=1S/C14H15BrN2O3/c1-2-3-10(8-16)17-14(18)9-6-11(15)13-12(7-9)19-4-5-20-13/h6-7,10H,2-5H2,1H3,(H,17,18)/t10-/m0/s1. The molecule has 0 unspecified atom stereocenters. The zero-order valence-electron chi connectivity index (χ0n) is 11.1. The largest absolute Gasteiger partial charge is 0.486 e. The van der Waals surface area contributed by atoms with Crippen molar-refractivity contribution in [2.75, 3.05) is 13.2 Å². The Morgan fingerprint density at radius 2 is 2.25 bits per heavy atom. The molecule has 1 N–H and O–H groups in total. The van der Waals surface area contributed by atoms with Crippen LogP contribution in [0.15, 0.2) is 16.6 Å². The van der Waals surface area contributed by atoms with Crippen molar-refractivity contribution in [1.82, 2.24) is 5.32 Å². The molecule has 1 atom stereocenters. The van der Waals surface area contributed by atoms with Crippen LogP contribution in [-0.4, -0.2) is 25.2 Å². The second-order valence-electron chi connectivity index (χ2n) is 4.43. The normalized spacial score (nSPS) is 14.2. The molecule has 6 heteroatoms. The van der Waals surface area contributed by atoms with Gasteiger partial charge in [-0.15, -0.1) is 0 Å². The number of hydrogen-bond acceptors (Lipinski definition) is 4. The van der Waals surface area contributed by atoms with Gasteiger partial charge in [-0.1, -0.05) is 13.3 Å². The molecule has 5 nitrogen and oxygen atoms in total. The predicted molar refractivity (Wildman–Crippen MR) is 76.9 cm³/mol. The van der Waals surface area contributed by atoms with Crippen LogP contribution in [0, 0.1) is 11.3 Å². The lowest BCUT2D eigenvalue weighted by atomic mass is 10.1. The van der Waals surface area contributed by atoms with Gasteiger partial charge < -0.3 is 14.8 Å². The molecule has 0 fully saturated rings. The maximum atomic E-state index is 12.1. The average molecular weight is 339 g/mol. The Balaban J connectivity index is 2.18. The minimum absolute atomic E-state index is 0.289. The molecule has 1 aromatic rings. The van der Waals surface area contributed by atoms with Gasteiger partial charge in [-0.3, -0.25) is 4.79 Å². The molecular formula is C14H15BrN2O3. The molecule has 1 amide bonds. The summed E-state index contributed by atoms with van der Waals surface area (Å²) in [4.78, 5) is 12.1. The Bertz CT molecular complexity index is 554. The second-order valence-corrected chi connectivity index (χ2v) is 5.28. The highest BCUT2D eigenvalue weighted by molar-refractivity contribution is 9.10. The lowest BCUT2D eigenvalue weighted by molar-refractivity contribution is 0.0942. The van der Waals surface area contributed by atoms with Crippen molar-refractivity contribution in [3.05, 3.63) is 22.2 Å². The first kappa shape index (κ1) is 14.7. The van der Waals surface area contributed by atoms with Crippen LogP contribution in [0.2, 0.25) is 0 Å². The monoisotopic (exact) mass is 338 g/mol. The summed E-state index contributed by atoms with van der Waals surface area (Å²) >= 11 is 3.37. The van der Waals surface area contributed by atoms with Crippen LogP contribution in [-0.2, 0) is 0 Å². The molecule has 1 aliphatic heterocycles. The lowest BCUT2D eigenvalue weighted by Gasteiger charge is -2.20. The van der Waals surface area contributed by atoms with E-state index in [-0.39, 0.29) is 5.91 Å². The number of benzene rings is 1. The third-order valence-corrected chi connectivity index (χ3v) is 3.49. The van der Waals surface area contributed by atoms with E-state index in [1.165, 1.54) is 0 Å². The number of fused-ring (bicyclic) bond motifs is 1. The molecule has 0 aliphatic carbocycles. The van der Waals surface area contributed by atoms with Gasteiger partial charge in [0.05, 0.1) is 10.5 Å². The van der Waals surface area contributed by atoms with E-state index in [1.54, 1.807) is 12.1 Å². The average Bonchev–Trinajstić information content (AvgIpc) is 2.46. The van der Waals surface area contributed by atoms with E-state index < -0.39 is 6.04 Å². The van der Waals surface area contributed by atoms with Gasteiger partial charge in [0.1, 0.15) is 19.3 Å². The number of nitriles is 1. The summed E-state index contributed by atoms with van der Waals surface area (Å²) in [5.41, 5.74) is 0.442. The van der Waals surface area contributed by atoms with E-state index in [0.29, 0.717) is 41.2 Å². The van der Waals surface area contributed by atoms with E-state index in [2.05, 4.69) is 27.3 Å². The summed E-state index contributed by atoms with van der Waals surface area (Å²) in [6.07, 6.45) is 1.47. The van der Waals surface area contributed by atoms with Gasteiger partial charge in [0.25, 0.3) is 5.91 Å². The Labute approximate surface area is 126 Å². The molecule has 0 bridgehead atoms. The molecule has 0 saturated carbocycles. The summed E-state index contributed by atoms with van der Waals surface area (Å²) in [6, 6.07) is 4.91. The van der Waals surface area contributed by atoms with Crippen molar-refractivity contribution in [3.8, 4) is 17.6 Å². The first-order chi connectivity index (χ1) is 9.65. The first-order valence-electron chi connectivity index (χ1n) is 6.45. The van der Waals surface area contributed by atoms with Crippen LogP contribution < -0.4 is 14.8 Å². The van der Waals surface area contributed by atoms with Gasteiger partial charge in [-0.2, -0.15) is 5.26 Å². The van der Waals surface area contributed by atoms with E-state index in [9.17, 15) is 4.79 Å². The first-order valence-corrected chi connectivity index (χ1v) is 7.24. The van der Waals surface area contributed by atoms with Crippen molar-refractivity contribution < 1.29 is 14.3 Å². The minimum atomic E-state index is -0.473. The molecule has 0 aromatic heterocycles. The lowest BCUT2D eigenvalue weighted by Crippen LogP contribution is -2.33. The van der Waals surface area contributed by atoms with Crippen LogP contribution in [0.5, 0.6) is 11.5 Å². The van der Waals surface area contributed by atoms with Gasteiger partial charge in [-0.25, -0.2) is 0 Å². The summed E-state index contributed by atoms with van der Waals surface area (Å²) in [6.45, 7) is 2.92. The fourth-order valence-corrected chi connectivity index (χ4v) is 2.50. The molecule has 1 heterocycles. The highest BCUT2D eigenvalue weighted by Crippen LogP contribution is 2.38. The van der Waals surface area contributed by atoms with Crippen LogP contribution in [0.4, 0.5) is 0 Å². The molecule has 0 radical (unpaired) electrons. The molecule has 0 saturated heterocycles. The molecule has 0 spiro atoms. The number of nitrogens with zero attached hydrogens (tertiary/aromatic N) is 1. The summed E-state index contributed by atoms with van der Waals surface area (Å²) < 4.78 is 11.6. The van der Waals surface area contributed by atoms with Crippen LogP contribution in [0.25, 0.3) is 0 Å². The molecule has 2 rings (SSSR count). The molecule has 1 aromatic carbocycles. The Kier molecular flexibility index (Phi) is 4.85. The van der Waals surface area contributed by atoms with Gasteiger partial charge in [0, 0.05) is 5.56 Å². The smallest absolute Gasteiger partial charge is 0.252 e. The number of halogens is 1. The predicted octanol–water partition coefficient (Wildman–Crippen LogP) is 2.64. The number of hydrogen-bond donors (Lipinski definition) is 1. The van der Waals surface area contributed by atoms with E-state index in [4.69, 9.17) is 14.7 Å². The van der Waals surface area contributed by atoms with Gasteiger partial charge >= 0.3 is 0 Å². The number of nitrogens with one attached hydrogen (secondary N) is 1. The molecule has 106 valence electrons. The second kappa shape index (κ2) is 6.62. The fourth-order valence-electron chi connectivity index (χ4n) is 1.94. The zero-order chi connectivity index (χ0) is 14.5. The number of ether oxygens (including phenoxy) is 2. The molecular weight excluding hydrogens is 324 g/mol. The highest BCUT2D eigenvalue weighted by Gasteiger charge is 2.20. The molecule has 20 heavy (non-hydrogen) atoms. The fraction of sp³-hybridized carbons (Fsp3) is 0.429. The van der Waals surface area contributed by atoms with Crippen LogP contribution in [0.1, 0.15) is 30.1 Å². The van der Waals surface area contributed by atoms with E-state index in [0.717, 1.165) is 6.42 Å². The van der Waals surface area contributed by atoms with Crippen LogP contribution >= 0.6 is 15.9 Å². The Morgan fingerprint density at radius 1 is 1.50 bits per heavy atom. The third-order valence-electron chi connectivity index (χ3n) is 2.90. The van der Waals surface area contributed by atoms with Gasteiger partial charge in [0.2, 0.25) is 0 Å². The van der Waals surface area contributed by atoms with Gasteiger partial charge in [0.15, 0.2) is 11.5 Å². The van der Waals surface area contributed by atoms with Crippen molar-refractivity contribution >= 4 is 21.8 Å². The Morgan fingerprint density at radius 3 is 2.95 bits per heavy atom. The minimum Gasteiger partial charge on any atom is -0.486 e. The van der Waals surface area contributed by atoms with Crippen molar-refractivity contribution in [1.29, 1.82) is 5.26 Å².